The molecule has 2 rings (SSSR count). The highest BCUT2D eigenvalue weighted by molar-refractivity contribution is 5.92. The molecule has 0 saturated heterocycles. The number of likely N-dealkylation sites (N-methyl/N-ethyl adjacent to an activating group) is 1. The standard InChI is InChI=1S/C15H22FN3O/c1-2-19(13-5-6-13)8-7-18-10-12-4-3-11(15(17)20)9-14(12)16/h3-4,9,13,18H,2,5-8,10H2,1H3,(H2,17,20). The first-order valence-corrected chi connectivity index (χ1v) is 7.14. The number of carbonyl (C=O) groups is 1. The molecule has 0 bridgehead atoms. The Hall–Kier alpha value is -1.46. The van der Waals surface area contributed by atoms with Crippen LogP contribution < -0.4 is 11.1 Å². The lowest BCUT2D eigenvalue weighted by Crippen LogP contribution is -2.33. The zero-order chi connectivity index (χ0) is 14.5. The molecule has 1 aliphatic carbocycles. The van der Waals surface area contributed by atoms with Crippen LogP contribution in [-0.4, -0.2) is 36.5 Å². The molecule has 20 heavy (non-hydrogen) atoms. The number of rotatable bonds is 8. The lowest BCUT2D eigenvalue weighted by Gasteiger charge is -2.19. The van der Waals surface area contributed by atoms with Gasteiger partial charge in [0.2, 0.25) is 5.91 Å². The molecular weight excluding hydrogens is 257 g/mol. The van der Waals surface area contributed by atoms with E-state index in [1.807, 2.05) is 0 Å². The summed E-state index contributed by atoms with van der Waals surface area (Å²) in [7, 11) is 0. The van der Waals surface area contributed by atoms with Gasteiger partial charge in [-0.1, -0.05) is 13.0 Å². The number of nitrogens with one attached hydrogen (secondary N) is 1. The van der Waals surface area contributed by atoms with Crippen molar-refractivity contribution >= 4 is 5.91 Å². The first kappa shape index (κ1) is 14.9. The van der Waals surface area contributed by atoms with E-state index in [1.165, 1.54) is 18.9 Å². The van der Waals surface area contributed by atoms with Crippen molar-refractivity contribution in [3.05, 3.63) is 35.1 Å². The average molecular weight is 279 g/mol. The van der Waals surface area contributed by atoms with E-state index in [2.05, 4.69) is 17.1 Å². The zero-order valence-corrected chi connectivity index (χ0v) is 11.9. The summed E-state index contributed by atoms with van der Waals surface area (Å²) in [5.74, 6) is -0.991. The summed E-state index contributed by atoms with van der Waals surface area (Å²) in [6.07, 6.45) is 2.61. The van der Waals surface area contributed by atoms with Gasteiger partial charge in [0.1, 0.15) is 5.82 Å². The number of primary amides is 1. The molecule has 0 aromatic heterocycles. The van der Waals surface area contributed by atoms with Gasteiger partial charge in [-0.2, -0.15) is 0 Å². The molecule has 1 aromatic carbocycles. The molecule has 4 nitrogen and oxygen atoms in total. The number of nitrogens with two attached hydrogens (primary N) is 1. The van der Waals surface area contributed by atoms with Gasteiger partial charge in [0.15, 0.2) is 0 Å². The van der Waals surface area contributed by atoms with Crippen LogP contribution in [0.5, 0.6) is 0 Å². The van der Waals surface area contributed by atoms with Crippen molar-refractivity contribution < 1.29 is 9.18 Å². The van der Waals surface area contributed by atoms with Crippen LogP contribution in [0.1, 0.15) is 35.7 Å². The molecule has 1 saturated carbocycles. The van der Waals surface area contributed by atoms with Gasteiger partial charge >= 0.3 is 0 Å². The topological polar surface area (TPSA) is 58.4 Å². The highest BCUT2D eigenvalue weighted by Crippen LogP contribution is 2.25. The molecule has 0 radical (unpaired) electrons. The Morgan fingerprint density at radius 1 is 1.50 bits per heavy atom. The van der Waals surface area contributed by atoms with Crippen molar-refractivity contribution in [1.82, 2.24) is 10.2 Å². The molecule has 5 heteroatoms. The van der Waals surface area contributed by atoms with E-state index in [0.29, 0.717) is 12.1 Å². The fourth-order valence-electron chi connectivity index (χ4n) is 2.33. The average Bonchev–Trinajstić information content (AvgIpc) is 3.24. The number of nitrogens with zero attached hydrogens (tertiary/aromatic N) is 1. The van der Waals surface area contributed by atoms with Gasteiger partial charge in [0.05, 0.1) is 0 Å². The third-order valence-corrected chi connectivity index (χ3v) is 3.70. The second-order valence-corrected chi connectivity index (χ2v) is 5.21. The summed E-state index contributed by atoms with van der Waals surface area (Å²) in [4.78, 5) is 13.4. The Kier molecular flexibility index (Phi) is 5.09. The second-order valence-electron chi connectivity index (χ2n) is 5.21. The van der Waals surface area contributed by atoms with Crippen molar-refractivity contribution in [3.63, 3.8) is 0 Å². The van der Waals surface area contributed by atoms with Crippen molar-refractivity contribution in [1.29, 1.82) is 0 Å². The first-order chi connectivity index (χ1) is 9.61. The van der Waals surface area contributed by atoms with Crippen LogP contribution >= 0.6 is 0 Å². The lowest BCUT2D eigenvalue weighted by molar-refractivity contribution is 0.1000. The Morgan fingerprint density at radius 3 is 2.80 bits per heavy atom. The van der Waals surface area contributed by atoms with Crippen LogP contribution in [-0.2, 0) is 6.54 Å². The van der Waals surface area contributed by atoms with E-state index in [1.54, 1.807) is 12.1 Å². The van der Waals surface area contributed by atoms with Crippen LogP contribution in [0, 0.1) is 5.82 Å². The Morgan fingerprint density at radius 2 is 2.25 bits per heavy atom. The fourth-order valence-corrected chi connectivity index (χ4v) is 2.33. The molecule has 0 unspecified atom stereocenters. The Labute approximate surface area is 119 Å². The second kappa shape index (κ2) is 6.81. The number of hydrogen-bond acceptors (Lipinski definition) is 3. The molecule has 1 aromatic rings. The molecule has 1 fully saturated rings. The number of hydrogen-bond donors (Lipinski definition) is 2. The largest absolute Gasteiger partial charge is 0.366 e. The number of benzene rings is 1. The molecule has 1 aliphatic rings. The van der Waals surface area contributed by atoms with Crippen molar-refractivity contribution in [2.45, 2.75) is 32.4 Å². The third kappa shape index (κ3) is 4.02. The van der Waals surface area contributed by atoms with Crippen molar-refractivity contribution in [2.75, 3.05) is 19.6 Å². The van der Waals surface area contributed by atoms with E-state index < -0.39 is 5.91 Å². The van der Waals surface area contributed by atoms with Gasteiger partial charge in [0.25, 0.3) is 0 Å². The highest BCUT2D eigenvalue weighted by atomic mass is 19.1. The molecule has 0 heterocycles. The van der Waals surface area contributed by atoms with Gasteiger partial charge in [-0.25, -0.2) is 4.39 Å². The normalized spacial score (nSPS) is 14.8. The number of halogens is 1. The van der Waals surface area contributed by atoms with E-state index in [0.717, 1.165) is 25.7 Å². The molecular formula is C15H22FN3O. The summed E-state index contributed by atoms with van der Waals surface area (Å²) in [6, 6.07) is 5.13. The van der Waals surface area contributed by atoms with Crippen LogP contribution in [0.25, 0.3) is 0 Å². The van der Waals surface area contributed by atoms with Crippen molar-refractivity contribution in [3.8, 4) is 0 Å². The zero-order valence-electron chi connectivity index (χ0n) is 11.9. The summed E-state index contributed by atoms with van der Waals surface area (Å²) in [5, 5.41) is 3.24. The lowest BCUT2D eigenvalue weighted by atomic mass is 10.1. The van der Waals surface area contributed by atoms with E-state index >= 15 is 0 Å². The molecule has 0 aliphatic heterocycles. The predicted octanol–water partition coefficient (Wildman–Crippen LogP) is 1.50. The van der Waals surface area contributed by atoms with E-state index in [4.69, 9.17) is 5.73 Å². The summed E-state index contributed by atoms with van der Waals surface area (Å²) in [6.45, 7) is 5.52. The third-order valence-electron chi connectivity index (χ3n) is 3.70. The van der Waals surface area contributed by atoms with Crippen LogP contribution in [0.2, 0.25) is 0 Å². The maximum atomic E-state index is 13.7. The number of amides is 1. The van der Waals surface area contributed by atoms with Crippen LogP contribution in [0.3, 0.4) is 0 Å². The molecule has 0 spiro atoms. The van der Waals surface area contributed by atoms with Gasteiger partial charge in [0, 0.05) is 36.8 Å². The smallest absolute Gasteiger partial charge is 0.248 e. The summed E-state index contributed by atoms with van der Waals surface area (Å²) < 4.78 is 13.7. The molecule has 0 atom stereocenters. The summed E-state index contributed by atoms with van der Waals surface area (Å²) in [5.41, 5.74) is 5.88. The molecule has 1 amide bonds. The maximum absolute atomic E-state index is 13.7. The minimum atomic E-state index is -0.605. The Balaban J connectivity index is 1.77. The monoisotopic (exact) mass is 279 g/mol. The van der Waals surface area contributed by atoms with Gasteiger partial charge < -0.3 is 11.1 Å². The molecule has 110 valence electrons. The minimum Gasteiger partial charge on any atom is -0.366 e. The summed E-state index contributed by atoms with van der Waals surface area (Å²) >= 11 is 0. The van der Waals surface area contributed by atoms with E-state index in [-0.39, 0.29) is 11.4 Å². The SMILES string of the molecule is CCN(CCNCc1ccc(C(N)=O)cc1F)C1CC1. The van der Waals surface area contributed by atoms with Gasteiger partial charge in [-0.15, -0.1) is 0 Å². The predicted molar refractivity (Wildman–Crippen MR) is 76.9 cm³/mol. The fraction of sp³-hybridized carbons (Fsp3) is 0.533. The van der Waals surface area contributed by atoms with Gasteiger partial charge in [-0.3, -0.25) is 9.69 Å². The quantitative estimate of drug-likeness (QED) is 0.709. The first-order valence-electron chi connectivity index (χ1n) is 7.14. The number of carbonyl (C=O) groups excluding carboxylic acids is 1. The van der Waals surface area contributed by atoms with E-state index in [9.17, 15) is 9.18 Å². The van der Waals surface area contributed by atoms with Crippen LogP contribution in [0.4, 0.5) is 4.39 Å². The minimum absolute atomic E-state index is 0.206. The van der Waals surface area contributed by atoms with Crippen molar-refractivity contribution in [2.24, 2.45) is 5.73 Å². The maximum Gasteiger partial charge on any atom is 0.248 e. The Bertz CT molecular complexity index is 474. The van der Waals surface area contributed by atoms with Gasteiger partial charge in [-0.05, 0) is 31.5 Å². The molecule has 3 N–H and O–H groups in total. The highest BCUT2D eigenvalue weighted by Gasteiger charge is 2.26. The van der Waals surface area contributed by atoms with Crippen LogP contribution in [0.15, 0.2) is 18.2 Å².